The summed E-state index contributed by atoms with van der Waals surface area (Å²) in [6.07, 6.45) is 2.92. The molecule has 0 fully saturated rings. The molecule has 0 saturated carbocycles. The molecule has 0 unspecified atom stereocenters. The first kappa shape index (κ1) is 15.7. The van der Waals surface area contributed by atoms with Crippen LogP contribution in [0.5, 0.6) is 0 Å². The maximum atomic E-state index is 12.2. The third kappa shape index (κ3) is 3.42. The van der Waals surface area contributed by atoms with Crippen molar-refractivity contribution < 1.29 is 4.79 Å². The number of nitrogens with one attached hydrogen (secondary N) is 1. The van der Waals surface area contributed by atoms with Gasteiger partial charge in [0.15, 0.2) is 0 Å². The lowest BCUT2D eigenvalue weighted by molar-refractivity contribution is -0.116. The van der Waals surface area contributed by atoms with Gasteiger partial charge in [-0.3, -0.25) is 9.36 Å². The van der Waals surface area contributed by atoms with Crippen LogP contribution in [0.15, 0.2) is 42.9 Å². The van der Waals surface area contributed by atoms with Crippen LogP contribution in [0, 0.1) is 11.3 Å². The highest BCUT2D eigenvalue weighted by atomic mass is 35.5. The van der Waals surface area contributed by atoms with Gasteiger partial charge < -0.3 is 5.32 Å². The molecule has 0 aliphatic rings. The van der Waals surface area contributed by atoms with Gasteiger partial charge in [0.2, 0.25) is 11.7 Å². The molecule has 0 bridgehead atoms. The number of carbonyl (C=O) groups is 1. The van der Waals surface area contributed by atoms with Crippen LogP contribution in [0.2, 0.25) is 5.02 Å². The summed E-state index contributed by atoms with van der Waals surface area (Å²) in [5.41, 5.74) is 0.893. The van der Waals surface area contributed by atoms with Crippen LogP contribution in [0.4, 0.5) is 5.82 Å². The molecule has 24 heavy (non-hydrogen) atoms. The molecule has 0 spiro atoms. The molecule has 1 N–H and O–H groups in total. The highest BCUT2D eigenvalue weighted by Gasteiger charge is 2.12. The Morgan fingerprint density at radius 1 is 1.33 bits per heavy atom. The van der Waals surface area contributed by atoms with Gasteiger partial charge in [0.1, 0.15) is 24.8 Å². The summed E-state index contributed by atoms with van der Waals surface area (Å²) in [6, 6.07) is 11.0. The van der Waals surface area contributed by atoms with E-state index in [0.717, 1.165) is 5.56 Å². The molecule has 1 amide bonds. The summed E-state index contributed by atoms with van der Waals surface area (Å²) in [5.74, 6) is 0.299. The predicted octanol–water partition coefficient (Wildman–Crippen LogP) is 1.69. The lowest BCUT2D eigenvalue weighted by Gasteiger charge is -2.10. The normalized spacial score (nSPS) is 10.3. The maximum absolute atomic E-state index is 12.2. The zero-order chi connectivity index (χ0) is 16.9. The van der Waals surface area contributed by atoms with E-state index in [-0.39, 0.29) is 18.3 Å². The van der Waals surface area contributed by atoms with Crippen LogP contribution in [0.1, 0.15) is 11.4 Å². The fourth-order valence-electron chi connectivity index (χ4n) is 2.15. The van der Waals surface area contributed by atoms with Gasteiger partial charge in [-0.1, -0.05) is 29.8 Å². The number of hydrogen-bond donors (Lipinski definition) is 1. The summed E-state index contributed by atoms with van der Waals surface area (Å²) in [5, 5.41) is 23.7. The molecule has 3 aromatic rings. The van der Waals surface area contributed by atoms with E-state index in [4.69, 9.17) is 16.9 Å². The summed E-state index contributed by atoms with van der Waals surface area (Å²) in [4.78, 5) is 12.2. The molecule has 0 saturated heterocycles. The molecule has 0 atom stereocenters. The Balaban J connectivity index is 1.71. The van der Waals surface area contributed by atoms with Crippen LogP contribution in [-0.4, -0.2) is 30.5 Å². The highest BCUT2D eigenvalue weighted by molar-refractivity contribution is 6.31. The van der Waals surface area contributed by atoms with Crippen molar-refractivity contribution in [3.8, 4) is 6.07 Å². The molecule has 0 aliphatic carbocycles. The van der Waals surface area contributed by atoms with Crippen LogP contribution in [0.25, 0.3) is 0 Å². The van der Waals surface area contributed by atoms with E-state index in [0.29, 0.717) is 17.4 Å². The number of rotatable bonds is 5. The van der Waals surface area contributed by atoms with E-state index in [1.807, 2.05) is 24.3 Å². The SMILES string of the molecule is N#Cc1nncn1CC(=O)Nc1ccnn1Cc1ccccc1Cl. The van der Waals surface area contributed by atoms with Crippen molar-refractivity contribution in [3.63, 3.8) is 0 Å². The number of anilines is 1. The minimum atomic E-state index is -0.313. The molecular formula is C15H12ClN7O. The van der Waals surface area contributed by atoms with Crippen LogP contribution < -0.4 is 5.32 Å². The number of nitriles is 1. The Labute approximate surface area is 142 Å². The van der Waals surface area contributed by atoms with E-state index in [9.17, 15) is 4.79 Å². The summed E-state index contributed by atoms with van der Waals surface area (Å²) in [6.45, 7) is 0.367. The van der Waals surface area contributed by atoms with E-state index >= 15 is 0 Å². The Bertz CT molecular complexity index is 908. The number of hydrogen-bond acceptors (Lipinski definition) is 5. The monoisotopic (exact) mass is 341 g/mol. The van der Waals surface area contributed by atoms with Gasteiger partial charge in [-0.25, -0.2) is 4.68 Å². The third-order valence-electron chi connectivity index (χ3n) is 3.29. The maximum Gasteiger partial charge on any atom is 0.245 e. The molecular weight excluding hydrogens is 330 g/mol. The average Bonchev–Trinajstić information content (AvgIpc) is 3.19. The van der Waals surface area contributed by atoms with Crippen molar-refractivity contribution in [1.82, 2.24) is 24.5 Å². The lowest BCUT2D eigenvalue weighted by Crippen LogP contribution is -2.21. The smallest absolute Gasteiger partial charge is 0.245 e. The minimum absolute atomic E-state index is 0.0623. The van der Waals surface area contributed by atoms with E-state index in [2.05, 4.69) is 20.6 Å². The number of benzene rings is 1. The second-order valence-electron chi connectivity index (χ2n) is 4.91. The van der Waals surface area contributed by atoms with Gasteiger partial charge >= 0.3 is 0 Å². The molecule has 0 radical (unpaired) electrons. The molecule has 8 nitrogen and oxygen atoms in total. The topological polar surface area (TPSA) is 101 Å². The molecule has 1 aromatic carbocycles. The summed E-state index contributed by atoms with van der Waals surface area (Å²) in [7, 11) is 0. The second-order valence-corrected chi connectivity index (χ2v) is 5.32. The summed E-state index contributed by atoms with van der Waals surface area (Å²) < 4.78 is 3.00. The van der Waals surface area contributed by atoms with Crippen molar-refractivity contribution in [1.29, 1.82) is 5.26 Å². The van der Waals surface area contributed by atoms with Gasteiger partial charge in [0.05, 0.1) is 12.7 Å². The highest BCUT2D eigenvalue weighted by Crippen LogP contribution is 2.18. The fourth-order valence-corrected chi connectivity index (χ4v) is 2.34. The average molecular weight is 342 g/mol. The number of carbonyl (C=O) groups excluding carboxylic acids is 1. The Morgan fingerprint density at radius 3 is 2.96 bits per heavy atom. The van der Waals surface area contributed by atoms with Crippen molar-refractivity contribution in [2.24, 2.45) is 0 Å². The van der Waals surface area contributed by atoms with Crippen molar-refractivity contribution in [3.05, 3.63) is 59.3 Å². The predicted molar refractivity (Wildman–Crippen MR) is 86.1 cm³/mol. The van der Waals surface area contributed by atoms with Crippen molar-refractivity contribution >= 4 is 23.3 Å². The number of halogens is 1. The van der Waals surface area contributed by atoms with E-state index < -0.39 is 0 Å². The van der Waals surface area contributed by atoms with E-state index in [1.165, 1.54) is 10.9 Å². The van der Waals surface area contributed by atoms with Crippen molar-refractivity contribution in [2.45, 2.75) is 13.1 Å². The fraction of sp³-hybridized carbons (Fsp3) is 0.133. The first-order chi connectivity index (χ1) is 11.7. The second kappa shape index (κ2) is 6.93. The Morgan fingerprint density at radius 2 is 2.17 bits per heavy atom. The van der Waals surface area contributed by atoms with Crippen LogP contribution in [-0.2, 0) is 17.9 Å². The number of nitrogens with zero attached hydrogens (tertiary/aromatic N) is 6. The standard InChI is InChI=1S/C15H12ClN7O/c16-12-4-2-1-3-11(12)8-23-13(5-6-19-23)20-15(24)9-22-10-18-21-14(22)7-17/h1-6,10H,8-9H2,(H,20,24). The summed E-state index contributed by atoms with van der Waals surface area (Å²) >= 11 is 6.15. The zero-order valence-corrected chi connectivity index (χ0v) is 13.2. The van der Waals surface area contributed by atoms with Gasteiger partial charge in [-0.15, -0.1) is 10.2 Å². The Kier molecular flexibility index (Phi) is 4.54. The lowest BCUT2D eigenvalue weighted by atomic mass is 10.2. The van der Waals surface area contributed by atoms with Crippen molar-refractivity contribution in [2.75, 3.05) is 5.32 Å². The molecule has 2 aromatic heterocycles. The molecule has 0 aliphatic heterocycles. The number of amides is 1. The third-order valence-corrected chi connectivity index (χ3v) is 3.66. The number of aromatic nitrogens is 5. The minimum Gasteiger partial charge on any atom is -0.309 e. The quantitative estimate of drug-likeness (QED) is 0.760. The van der Waals surface area contributed by atoms with Crippen LogP contribution in [0.3, 0.4) is 0 Å². The van der Waals surface area contributed by atoms with Gasteiger partial charge in [-0.05, 0) is 11.6 Å². The van der Waals surface area contributed by atoms with E-state index in [1.54, 1.807) is 23.0 Å². The molecule has 120 valence electrons. The first-order valence-corrected chi connectivity index (χ1v) is 7.38. The molecule has 3 rings (SSSR count). The Hall–Kier alpha value is -3.18. The zero-order valence-electron chi connectivity index (χ0n) is 12.4. The van der Waals surface area contributed by atoms with Gasteiger partial charge in [0.25, 0.3) is 0 Å². The molecule has 2 heterocycles. The van der Waals surface area contributed by atoms with Crippen LogP contribution >= 0.6 is 11.6 Å². The first-order valence-electron chi connectivity index (χ1n) is 7.00. The van der Waals surface area contributed by atoms with Gasteiger partial charge in [0, 0.05) is 11.1 Å². The van der Waals surface area contributed by atoms with Gasteiger partial charge in [-0.2, -0.15) is 10.4 Å². The largest absolute Gasteiger partial charge is 0.309 e. The molecule has 9 heteroatoms.